The molecule has 1 saturated heterocycles. The first-order chi connectivity index (χ1) is 15.9. The van der Waals surface area contributed by atoms with E-state index in [-0.39, 0.29) is 22.9 Å². The number of non-ortho nitro benzene ring substituents is 1. The van der Waals surface area contributed by atoms with Gasteiger partial charge in [-0.2, -0.15) is 0 Å². The van der Waals surface area contributed by atoms with Crippen LogP contribution in [0.4, 0.5) is 5.69 Å². The summed E-state index contributed by atoms with van der Waals surface area (Å²) in [4.78, 5) is 38.9. The second-order valence-corrected chi connectivity index (χ2v) is 8.66. The van der Waals surface area contributed by atoms with Crippen molar-refractivity contribution in [3.8, 4) is 0 Å². The molecule has 0 radical (unpaired) electrons. The number of aryl methyl sites for hydroxylation is 1. The molecule has 33 heavy (non-hydrogen) atoms. The number of benzene rings is 2. The number of nitro benzene ring substituents is 1. The zero-order chi connectivity index (χ0) is 23.3. The van der Waals surface area contributed by atoms with E-state index >= 15 is 0 Å². The highest BCUT2D eigenvalue weighted by atomic mass is 16.6. The minimum atomic E-state index is -0.765. The van der Waals surface area contributed by atoms with Gasteiger partial charge < -0.3 is 14.6 Å². The summed E-state index contributed by atoms with van der Waals surface area (Å²) < 4.78 is 1.94. The maximum absolute atomic E-state index is 13.3. The molecule has 2 aliphatic rings. The average molecular weight is 445 g/mol. The van der Waals surface area contributed by atoms with Crippen LogP contribution in [0.15, 0.2) is 60.3 Å². The lowest BCUT2D eigenvalue weighted by molar-refractivity contribution is -0.384. The highest BCUT2D eigenvalue weighted by Crippen LogP contribution is 2.45. The molecule has 1 amide bonds. The van der Waals surface area contributed by atoms with Gasteiger partial charge in [0.25, 0.3) is 17.4 Å². The maximum Gasteiger partial charge on any atom is 0.295 e. The summed E-state index contributed by atoms with van der Waals surface area (Å²) in [5, 5.41) is 23.4. The van der Waals surface area contributed by atoms with Crippen molar-refractivity contribution in [1.82, 2.24) is 9.47 Å². The van der Waals surface area contributed by atoms with Gasteiger partial charge in [0.1, 0.15) is 5.76 Å². The van der Waals surface area contributed by atoms with Crippen LogP contribution in [0.2, 0.25) is 0 Å². The first-order valence-corrected chi connectivity index (χ1v) is 11.0. The van der Waals surface area contributed by atoms with Gasteiger partial charge in [-0.25, -0.2) is 0 Å². The Morgan fingerprint density at radius 1 is 1.09 bits per heavy atom. The molecule has 2 fully saturated rings. The summed E-state index contributed by atoms with van der Waals surface area (Å²) >= 11 is 0. The number of hydrogen-bond donors (Lipinski definition) is 1. The van der Waals surface area contributed by atoms with Crippen LogP contribution >= 0.6 is 0 Å². The molecule has 8 nitrogen and oxygen atoms in total. The number of aliphatic hydroxyl groups excluding tert-OH is 1. The monoisotopic (exact) mass is 445 g/mol. The van der Waals surface area contributed by atoms with E-state index in [1.54, 1.807) is 4.90 Å². The van der Waals surface area contributed by atoms with Crippen LogP contribution in [0, 0.1) is 10.1 Å². The predicted molar refractivity (Wildman–Crippen MR) is 122 cm³/mol. The van der Waals surface area contributed by atoms with Crippen molar-refractivity contribution in [2.75, 3.05) is 0 Å². The van der Waals surface area contributed by atoms with Gasteiger partial charge in [0.2, 0.25) is 0 Å². The van der Waals surface area contributed by atoms with Gasteiger partial charge in [-0.1, -0.05) is 43.2 Å². The van der Waals surface area contributed by atoms with Crippen molar-refractivity contribution in [2.45, 2.75) is 37.8 Å². The Labute approximate surface area is 189 Å². The van der Waals surface area contributed by atoms with Crippen LogP contribution < -0.4 is 0 Å². The Balaban J connectivity index is 1.75. The predicted octanol–water partition coefficient (Wildman–Crippen LogP) is 4.45. The summed E-state index contributed by atoms with van der Waals surface area (Å²) in [6, 6.07) is 12.3. The van der Waals surface area contributed by atoms with Crippen LogP contribution in [0.25, 0.3) is 16.7 Å². The highest BCUT2D eigenvalue weighted by Gasteiger charge is 2.50. The van der Waals surface area contributed by atoms with E-state index in [0.717, 1.165) is 42.1 Å². The molecule has 8 heteroatoms. The molecule has 1 N–H and O–H groups in total. The van der Waals surface area contributed by atoms with Gasteiger partial charge >= 0.3 is 0 Å². The number of carbonyl (C=O) groups is 2. The number of carbonyl (C=O) groups excluding carboxylic acids is 2. The molecule has 1 saturated carbocycles. The summed E-state index contributed by atoms with van der Waals surface area (Å²) in [5.74, 6) is -1.79. The summed E-state index contributed by atoms with van der Waals surface area (Å²) in [7, 11) is 1.90. The van der Waals surface area contributed by atoms with E-state index in [4.69, 9.17) is 0 Å². The standard InChI is InChI=1S/C25H23N3O5/c1-26-14-19(18-11-4-5-12-20(18)26)22-21(23(29)15-7-6-10-17(13-15)28(32)33)24(30)25(31)27(22)16-8-2-3-9-16/h4-7,10-14,16,22,29H,2-3,8-9H2,1H3/b23-21+. The zero-order valence-corrected chi connectivity index (χ0v) is 18.1. The first kappa shape index (κ1) is 20.9. The third-order valence-corrected chi connectivity index (χ3v) is 6.75. The molecule has 168 valence electrons. The van der Waals surface area contributed by atoms with Crippen LogP contribution in [0.5, 0.6) is 0 Å². The molecule has 1 aromatic heterocycles. The summed E-state index contributed by atoms with van der Waals surface area (Å²) in [5.41, 5.74) is 1.61. The van der Waals surface area contributed by atoms with Crippen molar-refractivity contribution in [2.24, 2.45) is 7.05 Å². The number of fused-ring (bicyclic) bond motifs is 1. The third-order valence-electron chi connectivity index (χ3n) is 6.75. The van der Waals surface area contributed by atoms with Crippen LogP contribution in [0.1, 0.15) is 42.9 Å². The van der Waals surface area contributed by atoms with E-state index < -0.39 is 28.4 Å². The van der Waals surface area contributed by atoms with Crippen LogP contribution in [-0.4, -0.2) is 37.2 Å². The van der Waals surface area contributed by atoms with E-state index in [9.17, 15) is 24.8 Å². The number of hydrogen-bond acceptors (Lipinski definition) is 5. The molecular weight excluding hydrogens is 422 g/mol. The second kappa shape index (κ2) is 7.88. The minimum absolute atomic E-state index is 0.0243. The molecule has 1 aliphatic heterocycles. The Bertz CT molecular complexity index is 1330. The second-order valence-electron chi connectivity index (χ2n) is 8.66. The van der Waals surface area contributed by atoms with Crippen molar-refractivity contribution < 1.29 is 19.6 Å². The Hall–Kier alpha value is -3.94. The number of aliphatic hydroxyl groups is 1. The number of nitro groups is 1. The molecule has 0 spiro atoms. The number of para-hydroxylation sites is 1. The lowest BCUT2D eigenvalue weighted by Crippen LogP contribution is -2.37. The van der Waals surface area contributed by atoms with E-state index in [1.165, 1.54) is 24.3 Å². The molecular formula is C25H23N3O5. The van der Waals surface area contributed by atoms with Crippen LogP contribution in [-0.2, 0) is 16.6 Å². The van der Waals surface area contributed by atoms with Gasteiger partial charge in [0, 0.05) is 53.4 Å². The van der Waals surface area contributed by atoms with Gasteiger partial charge in [-0.05, 0) is 18.9 Å². The normalized spacial score (nSPS) is 20.8. The summed E-state index contributed by atoms with van der Waals surface area (Å²) in [6.07, 6.45) is 5.43. The number of Topliss-reactive ketones (excluding diaryl/α,β-unsaturated/α-hetero) is 1. The van der Waals surface area contributed by atoms with Gasteiger partial charge in [0.15, 0.2) is 0 Å². The Morgan fingerprint density at radius 2 is 1.82 bits per heavy atom. The van der Waals surface area contributed by atoms with E-state index in [0.29, 0.717) is 0 Å². The van der Waals surface area contributed by atoms with Gasteiger partial charge in [-0.15, -0.1) is 0 Å². The Morgan fingerprint density at radius 3 is 2.55 bits per heavy atom. The quantitative estimate of drug-likeness (QED) is 0.210. The number of likely N-dealkylation sites (tertiary alicyclic amines) is 1. The first-order valence-electron chi connectivity index (χ1n) is 11.0. The van der Waals surface area contributed by atoms with Crippen LogP contribution in [0.3, 0.4) is 0 Å². The van der Waals surface area contributed by atoms with Crippen molar-refractivity contribution in [1.29, 1.82) is 0 Å². The fraction of sp³-hybridized carbons (Fsp3) is 0.280. The van der Waals surface area contributed by atoms with Crippen molar-refractivity contribution in [3.63, 3.8) is 0 Å². The summed E-state index contributed by atoms with van der Waals surface area (Å²) in [6.45, 7) is 0. The highest BCUT2D eigenvalue weighted by molar-refractivity contribution is 6.46. The molecule has 1 aliphatic carbocycles. The Kier molecular flexibility index (Phi) is 5.00. The number of rotatable bonds is 4. The van der Waals surface area contributed by atoms with Crippen molar-refractivity contribution >= 4 is 34.0 Å². The molecule has 3 aromatic rings. The molecule has 0 bridgehead atoms. The SMILES string of the molecule is Cn1cc(C2/C(=C(\O)c3cccc([N+](=O)[O-])c3)C(=O)C(=O)N2C2CCCC2)c2ccccc21. The lowest BCUT2D eigenvalue weighted by Gasteiger charge is -2.30. The maximum atomic E-state index is 13.3. The number of amides is 1. The lowest BCUT2D eigenvalue weighted by atomic mass is 9.94. The smallest absolute Gasteiger partial charge is 0.295 e. The molecule has 2 aromatic carbocycles. The molecule has 2 heterocycles. The minimum Gasteiger partial charge on any atom is -0.507 e. The van der Waals surface area contributed by atoms with Gasteiger partial charge in [-0.3, -0.25) is 19.7 Å². The fourth-order valence-electron chi connectivity index (χ4n) is 5.23. The fourth-order valence-corrected chi connectivity index (χ4v) is 5.23. The number of nitrogens with zero attached hydrogens (tertiary/aromatic N) is 3. The van der Waals surface area contributed by atoms with Crippen molar-refractivity contribution in [3.05, 3.63) is 81.5 Å². The topological polar surface area (TPSA) is 106 Å². The number of ketones is 1. The third kappa shape index (κ3) is 3.29. The largest absolute Gasteiger partial charge is 0.507 e. The average Bonchev–Trinajstić information content (AvgIpc) is 3.52. The van der Waals surface area contributed by atoms with E-state index in [2.05, 4.69) is 0 Å². The zero-order valence-electron chi connectivity index (χ0n) is 18.1. The van der Waals surface area contributed by atoms with E-state index in [1.807, 2.05) is 42.1 Å². The molecule has 1 atom stereocenters. The van der Waals surface area contributed by atoms with Gasteiger partial charge in [0.05, 0.1) is 16.5 Å². The number of aromatic nitrogens is 1. The molecule has 5 rings (SSSR count). The molecule has 1 unspecified atom stereocenters.